The molecule has 2 rings (SSSR count). The van der Waals surface area contributed by atoms with Crippen molar-refractivity contribution in [2.24, 2.45) is 0 Å². The highest BCUT2D eigenvalue weighted by atomic mass is 32.2. The Labute approximate surface area is 135 Å². The molecule has 0 aliphatic carbocycles. The average molecular weight is 337 g/mol. The second-order valence-corrected chi connectivity index (χ2v) is 7.19. The molecule has 0 saturated heterocycles. The maximum absolute atomic E-state index is 12.0. The highest BCUT2D eigenvalue weighted by molar-refractivity contribution is 7.88. The number of anilines is 1. The molecule has 0 saturated carbocycles. The summed E-state index contributed by atoms with van der Waals surface area (Å²) in [7, 11) is -3.49. The maximum atomic E-state index is 12.0. The molecule has 0 radical (unpaired) electrons. The lowest BCUT2D eigenvalue weighted by Gasteiger charge is -2.19. The van der Waals surface area contributed by atoms with Crippen molar-refractivity contribution >= 4 is 21.7 Å². The number of aromatic nitrogens is 1. The SMILES string of the molecule is Cc1cc(NC(=O)CN(CCc2ccccc2)S(C)(=O)=O)no1. The maximum Gasteiger partial charge on any atom is 0.240 e. The van der Waals surface area contributed by atoms with E-state index in [2.05, 4.69) is 10.5 Å². The van der Waals surface area contributed by atoms with Crippen molar-refractivity contribution in [2.45, 2.75) is 13.3 Å². The number of nitrogens with one attached hydrogen (secondary N) is 1. The Morgan fingerprint density at radius 2 is 2.00 bits per heavy atom. The third-order valence-corrected chi connectivity index (χ3v) is 4.43. The summed E-state index contributed by atoms with van der Waals surface area (Å²) in [5.74, 6) is 0.366. The van der Waals surface area contributed by atoms with Crippen LogP contribution in [0.3, 0.4) is 0 Å². The zero-order valence-electron chi connectivity index (χ0n) is 13.0. The number of amides is 1. The van der Waals surface area contributed by atoms with Gasteiger partial charge in [0.25, 0.3) is 0 Å². The van der Waals surface area contributed by atoms with E-state index in [0.717, 1.165) is 16.1 Å². The van der Waals surface area contributed by atoms with Crippen LogP contribution in [-0.4, -0.2) is 43.1 Å². The van der Waals surface area contributed by atoms with Gasteiger partial charge in [-0.3, -0.25) is 4.79 Å². The van der Waals surface area contributed by atoms with E-state index in [0.29, 0.717) is 12.2 Å². The molecular weight excluding hydrogens is 318 g/mol. The van der Waals surface area contributed by atoms with Crippen LogP contribution in [0.15, 0.2) is 40.9 Å². The Balaban J connectivity index is 1.97. The standard InChI is InChI=1S/C15H19N3O4S/c1-12-10-14(17-22-12)16-15(19)11-18(23(2,20)21)9-8-13-6-4-3-5-7-13/h3-7,10H,8-9,11H2,1-2H3,(H,16,17,19). The van der Waals surface area contributed by atoms with Crippen molar-refractivity contribution in [3.8, 4) is 0 Å². The first-order valence-electron chi connectivity index (χ1n) is 7.07. The van der Waals surface area contributed by atoms with Gasteiger partial charge >= 0.3 is 0 Å². The lowest BCUT2D eigenvalue weighted by atomic mass is 10.1. The van der Waals surface area contributed by atoms with Gasteiger partial charge in [-0.1, -0.05) is 35.5 Å². The van der Waals surface area contributed by atoms with E-state index in [1.165, 1.54) is 0 Å². The molecule has 1 aromatic heterocycles. The fourth-order valence-corrected chi connectivity index (χ4v) is 2.80. The Bertz CT molecular complexity index is 756. The van der Waals surface area contributed by atoms with Crippen LogP contribution in [0.2, 0.25) is 0 Å². The number of nitrogens with zero attached hydrogens (tertiary/aromatic N) is 2. The fourth-order valence-electron chi connectivity index (χ4n) is 2.03. The summed E-state index contributed by atoms with van der Waals surface area (Å²) in [4.78, 5) is 12.0. The number of benzene rings is 1. The molecule has 1 N–H and O–H groups in total. The molecule has 23 heavy (non-hydrogen) atoms. The van der Waals surface area contributed by atoms with Crippen LogP contribution in [-0.2, 0) is 21.2 Å². The molecule has 8 heteroatoms. The van der Waals surface area contributed by atoms with Crippen LogP contribution < -0.4 is 5.32 Å². The van der Waals surface area contributed by atoms with Gasteiger partial charge in [0, 0.05) is 12.6 Å². The minimum Gasteiger partial charge on any atom is -0.360 e. The molecule has 0 bridgehead atoms. The molecule has 7 nitrogen and oxygen atoms in total. The molecule has 0 spiro atoms. The molecular formula is C15H19N3O4S. The van der Waals surface area contributed by atoms with E-state index in [-0.39, 0.29) is 18.9 Å². The number of rotatable bonds is 7. The Morgan fingerprint density at radius 1 is 1.30 bits per heavy atom. The van der Waals surface area contributed by atoms with Crippen LogP contribution in [0.25, 0.3) is 0 Å². The highest BCUT2D eigenvalue weighted by Crippen LogP contribution is 2.08. The monoisotopic (exact) mass is 337 g/mol. The van der Waals surface area contributed by atoms with Crippen LogP contribution in [0, 0.1) is 6.92 Å². The van der Waals surface area contributed by atoms with Crippen molar-refractivity contribution < 1.29 is 17.7 Å². The zero-order valence-corrected chi connectivity index (χ0v) is 13.8. The van der Waals surface area contributed by atoms with Gasteiger partial charge in [0.2, 0.25) is 15.9 Å². The fraction of sp³-hybridized carbons (Fsp3) is 0.333. The minimum absolute atomic E-state index is 0.230. The van der Waals surface area contributed by atoms with Gasteiger partial charge in [0.05, 0.1) is 12.8 Å². The van der Waals surface area contributed by atoms with Crippen molar-refractivity contribution in [3.63, 3.8) is 0 Å². The second kappa shape index (κ2) is 7.38. The van der Waals surface area contributed by atoms with Crippen LogP contribution in [0.4, 0.5) is 5.82 Å². The summed E-state index contributed by atoms with van der Waals surface area (Å²) >= 11 is 0. The summed E-state index contributed by atoms with van der Waals surface area (Å²) in [6.07, 6.45) is 1.62. The first-order chi connectivity index (χ1) is 10.8. The van der Waals surface area contributed by atoms with Crippen molar-refractivity contribution in [3.05, 3.63) is 47.7 Å². The number of carbonyl (C=O) groups excluding carboxylic acids is 1. The predicted octanol–water partition coefficient (Wildman–Crippen LogP) is 1.43. The predicted molar refractivity (Wildman–Crippen MR) is 86.4 cm³/mol. The molecule has 1 amide bonds. The van der Waals surface area contributed by atoms with Crippen molar-refractivity contribution in [1.82, 2.24) is 9.46 Å². The van der Waals surface area contributed by atoms with Gasteiger partial charge in [-0.25, -0.2) is 8.42 Å². The van der Waals surface area contributed by atoms with E-state index < -0.39 is 15.9 Å². The van der Waals surface area contributed by atoms with Crippen LogP contribution in [0.1, 0.15) is 11.3 Å². The molecule has 0 aliphatic rings. The number of sulfonamides is 1. The molecule has 124 valence electrons. The van der Waals surface area contributed by atoms with Gasteiger partial charge in [0.15, 0.2) is 5.82 Å². The smallest absolute Gasteiger partial charge is 0.240 e. The topological polar surface area (TPSA) is 92.5 Å². The molecule has 0 fully saturated rings. The molecule has 1 heterocycles. The third-order valence-electron chi connectivity index (χ3n) is 3.18. The van der Waals surface area contributed by atoms with Crippen molar-refractivity contribution in [2.75, 3.05) is 24.7 Å². The lowest BCUT2D eigenvalue weighted by molar-refractivity contribution is -0.116. The van der Waals surface area contributed by atoms with Gasteiger partial charge in [-0.05, 0) is 18.9 Å². The summed E-state index contributed by atoms with van der Waals surface area (Å²) in [5.41, 5.74) is 1.01. The number of hydrogen-bond donors (Lipinski definition) is 1. The zero-order chi connectivity index (χ0) is 16.9. The summed E-state index contributed by atoms with van der Waals surface area (Å²) in [6.45, 7) is 1.66. The van der Waals surface area contributed by atoms with Gasteiger partial charge in [-0.2, -0.15) is 4.31 Å². The quantitative estimate of drug-likeness (QED) is 0.825. The molecule has 1 aromatic carbocycles. The number of aryl methyl sites for hydroxylation is 1. The summed E-state index contributed by atoms with van der Waals surface area (Å²) in [5, 5.41) is 6.16. The Morgan fingerprint density at radius 3 is 2.57 bits per heavy atom. The summed E-state index contributed by atoms with van der Waals surface area (Å²) in [6, 6.07) is 11.1. The van der Waals surface area contributed by atoms with E-state index >= 15 is 0 Å². The first-order valence-corrected chi connectivity index (χ1v) is 8.91. The van der Waals surface area contributed by atoms with Gasteiger partial charge in [0.1, 0.15) is 5.76 Å². The second-order valence-electron chi connectivity index (χ2n) is 5.20. The highest BCUT2D eigenvalue weighted by Gasteiger charge is 2.20. The van der Waals surface area contributed by atoms with Gasteiger partial charge in [-0.15, -0.1) is 0 Å². The molecule has 0 unspecified atom stereocenters. The molecule has 0 aliphatic heterocycles. The van der Waals surface area contributed by atoms with Crippen LogP contribution in [0.5, 0.6) is 0 Å². The minimum atomic E-state index is -3.49. The molecule has 0 atom stereocenters. The van der Waals surface area contributed by atoms with Crippen LogP contribution >= 0.6 is 0 Å². The Hall–Kier alpha value is -2.19. The van der Waals surface area contributed by atoms with E-state index in [9.17, 15) is 13.2 Å². The number of hydrogen-bond acceptors (Lipinski definition) is 5. The van der Waals surface area contributed by atoms with Crippen molar-refractivity contribution in [1.29, 1.82) is 0 Å². The Kier molecular flexibility index (Phi) is 5.51. The normalized spacial score (nSPS) is 11.6. The van der Waals surface area contributed by atoms with E-state index in [4.69, 9.17) is 4.52 Å². The largest absolute Gasteiger partial charge is 0.360 e. The lowest BCUT2D eigenvalue weighted by Crippen LogP contribution is -2.38. The average Bonchev–Trinajstić information content (AvgIpc) is 2.88. The first kappa shape index (κ1) is 17.2. The van der Waals surface area contributed by atoms with E-state index in [1.54, 1.807) is 13.0 Å². The third kappa shape index (κ3) is 5.50. The molecule has 2 aromatic rings. The number of carbonyl (C=O) groups is 1. The van der Waals surface area contributed by atoms with E-state index in [1.807, 2.05) is 30.3 Å². The summed E-state index contributed by atoms with van der Waals surface area (Å²) < 4.78 is 29.7. The van der Waals surface area contributed by atoms with Gasteiger partial charge < -0.3 is 9.84 Å².